The van der Waals surface area contributed by atoms with Crippen LogP contribution in [0.3, 0.4) is 0 Å². The van der Waals surface area contributed by atoms with Gasteiger partial charge in [0.1, 0.15) is 29.6 Å². The van der Waals surface area contributed by atoms with Gasteiger partial charge in [-0.25, -0.2) is 0 Å². The highest BCUT2D eigenvalue weighted by Gasteiger charge is 2.36. The van der Waals surface area contributed by atoms with E-state index in [0.717, 1.165) is 0 Å². The maximum Gasteiger partial charge on any atom is 0.426 e. The number of amides is 1. The van der Waals surface area contributed by atoms with Gasteiger partial charge in [-0.1, -0.05) is 30.3 Å². The molecule has 0 saturated heterocycles. The second kappa shape index (κ2) is 10.4. The molecule has 1 aliphatic heterocycles. The summed E-state index contributed by atoms with van der Waals surface area (Å²) in [6.07, 6.45) is -4.49. The Labute approximate surface area is 203 Å². The minimum atomic E-state index is -4.47. The highest BCUT2D eigenvalue weighted by atomic mass is 32.1. The van der Waals surface area contributed by atoms with E-state index in [4.69, 9.17) is 9.47 Å². The summed E-state index contributed by atoms with van der Waals surface area (Å²) in [7, 11) is 1.26. The van der Waals surface area contributed by atoms with Crippen molar-refractivity contribution in [3.05, 3.63) is 64.4 Å². The second-order valence-corrected chi connectivity index (χ2v) is 8.84. The van der Waals surface area contributed by atoms with Crippen LogP contribution in [0.4, 0.5) is 18.9 Å². The first-order valence-corrected chi connectivity index (χ1v) is 11.6. The molecule has 0 radical (unpaired) electrons. The van der Waals surface area contributed by atoms with E-state index in [1.807, 2.05) is 0 Å². The van der Waals surface area contributed by atoms with Gasteiger partial charge in [0.2, 0.25) is 5.91 Å². The summed E-state index contributed by atoms with van der Waals surface area (Å²) in [6, 6.07) is 14.8. The number of hydrogen-bond acceptors (Lipinski definition) is 6. The first-order valence-electron chi connectivity index (χ1n) is 10.8. The number of halogens is 3. The van der Waals surface area contributed by atoms with E-state index in [9.17, 15) is 22.8 Å². The molecule has 0 aliphatic carbocycles. The number of alkyl halides is 3. The number of carbonyl (C=O) groups is 2. The standard InChI is InChI=1S/C25H22F3NO5S/c1-32-23(31)10-9-22(30)29-11-12-33-21-13-17(7-8-20(21)29)34-15-18-14-19(16-5-3-2-4-6-16)24(35-18)25(26,27)28/h2-8,13-14H,9-12,15H2,1H3. The Hall–Kier alpha value is -3.53. The zero-order valence-electron chi connectivity index (χ0n) is 18.8. The highest BCUT2D eigenvalue weighted by molar-refractivity contribution is 7.12. The largest absolute Gasteiger partial charge is 0.489 e. The van der Waals surface area contributed by atoms with Crippen molar-refractivity contribution in [2.75, 3.05) is 25.2 Å². The molecular weight excluding hydrogens is 483 g/mol. The highest BCUT2D eigenvalue weighted by Crippen LogP contribution is 2.43. The smallest absolute Gasteiger partial charge is 0.426 e. The van der Waals surface area contributed by atoms with E-state index in [2.05, 4.69) is 4.74 Å². The quantitative estimate of drug-likeness (QED) is 0.386. The van der Waals surface area contributed by atoms with Crippen LogP contribution in [0.25, 0.3) is 11.1 Å². The Morgan fingerprint density at radius 1 is 1.09 bits per heavy atom. The molecule has 3 aromatic rings. The molecule has 2 aromatic carbocycles. The van der Waals surface area contributed by atoms with E-state index in [0.29, 0.717) is 45.5 Å². The molecule has 0 saturated carbocycles. The van der Waals surface area contributed by atoms with Gasteiger partial charge in [-0.3, -0.25) is 9.59 Å². The number of methoxy groups -OCH3 is 1. The Morgan fingerprint density at radius 2 is 1.86 bits per heavy atom. The number of ether oxygens (including phenoxy) is 3. The number of nitrogens with zero attached hydrogens (tertiary/aromatic N) is 1. The third kappa shape index (κ3) is 5.76. The van der Waals surface area contributed by atoms with Crippen LogP contribution in [0.5, 0.6) is 11.5 Å². The van der Waals surface area contributed by atoms with Crippen LogP contribution in [0.2, 0.25) is 0 Å². The van der Waals surface area contributed by atoms with Crippen molar-refractivity contribution in [3.8, 4) is 22.6 Å². The molecule has 0 fully saturated rings. The van der Waals surface area contributed by atoms with Crippen LogP contribution >= 0.6 is 11.3 Å². The zero-order valence-corrected chi connectivity index (χ0v) is 19.6. The Kier molecular flexibility index (Phi) is 7.30. The molecule has 0 N–H and O–H groups in total. The number of rotatable bonds is 7. The molecule has 0 bridgehead atoms. The van der Waals surface area contributed by atoms with Gasteiger partial charge in [-0.15, -0.1) is 11.3 Å². The maximum absolute atomic E-state index is 13.6. The molecule has 1 aromatic heterocycles. The number of benzene rings is 2. The van der Waals surface area contributed by atoms with Gasteiger partial charge >= 0.3 is 12.1 Å². The van der Waals surface area contributed by atoms with Gasteiger partial charge in [0.05, 0.1) is 25.8 Å². The SMILES string of the molecule is COC(=O)CCC(=O)N1CCOc2cc(OCc3cc(-c4ccccc4)c(C(F)(F)F)s3)ccc21. The normalized spacial score (nSPS) is 13.1. The number of fused-ring (bicyclic) bond motifs is 1. The number of esters is 1. The lowest BCUT2D eigenvalue weighted by Crippen LogP contribution is -2.38. The van der Waals surface area contributed by atoms with Crippen LogP contribution in [0, 0.1) is 0 Å². The predicted octanol–water partition coefficient (Wildman–Crippen LogP) is 5.69. The van der Waals surface area contributed by atoms with Gasteiger partial charge in [-0.2, -0.15) is 13.2 Å². The topological polar surface area (TPSA) is 65.1 Å². The minimum Gasteiger partial charge on any atom is -0.489 e. The Morgan fingerprint density at radius 3 is 2.57 bits per heavy atom. The van der Waals surface area contributed by atoms with Gasteiger partial charge in [0, 0.05) is 22.9 Å². The lowest BCUT2D eigenvalue weighted by molar-refractivity contribution is -0.142. The van der Waals surface area contributed by atoms with Crippen LogP contribution in [-0.2, 0) is 27.1 Å². The average Bonchev–Trinajstić information content (AvgIpc) is 3.31. The van der Waals surface area contributed by atoms with Crippen molar-refractivity contribution in [1.29, 1.82) is 0 Å². The molecule has 0 spiro atoms. The van der Waals surface area contributed by atoms with Crippen molar-refractivity contribution in [3.63, 3.8) is 0 Å². The van der Waals surface area contributed by atoms with E-state index in [1.54, 1.807) is 48.5 Å². The van der Waals surface area contributed by atoms with Gasteiger partial charge in [-0.05, 0) is 23.8 Å². The molecule has 184 valence electrons. The van der Waals surface area contributed by atoms with Crippen LogP contribution in [0.1, 0.15) is 22.6 Å². The van der Waals surface area contributed by atoms with E-state index in [-0.39, 0.29) is 37.5 Å². The van der Waals surface area contributed by atoms with Crippen molar-refractivity contribution in [2.24, 2.45) is 0 Å². The molecule has 1 amide bonds. The fourth-order valence-electron chi connectivity index (χ4n) is 3.71. The molecule has 4 rings (SSSR count). The minimum absolute atomic E-state index is 0.00797. The van der Waals surface area contributed by atoms with Crippen molar-refractivity contribution >= 4 is 28.9 Å². The lowest BCUT2D eigenvalue weighted by Gasteiger charge is -2.29. The summed E-state index contributed by atoms with van der Waals surface area (Å²) in [5.74, 6) is 0.122. The summed E-state index contributed by atoms with van der Waals surface area (Å²) in [4.78, 5) is 25.2. The number of hydrogen-bond donors (Lipinski definition) is 0. The van der Waals surface area contributed by atoms with Crippen molar-refractivity contribution in [1.82, 2.24) is 0 Å². The summed E-state index contributed by atoms with van der Waals surface area (Å²) in [5.41, 5.74) is 1.15. The van der Waals surface area contributed by atoms with Crippen LogP contribution < -0.4 is 14.4 Å². The van der Waals surface area contributed by atoms with Crippen LogP contribution in [0.15, 0.2) is 54.6 Å². The molecule has 6 nitrogen and oxygen atoms in total. The maximum atomic E-state index is 13.6. The van der Waals surface area contributed by atoms with Crippen molar-refractivity contribution in [2.45, 2.75) is 25.6 Å². The first kappa shape index (κ1) is 24.6. The number of anilines is 1. The Bertz CT molecular complexity index is 1210. The average molecular weight is 506 g/mol. The second-order valence-electron chi connectivity index (χ2n) is 7.71. The number of carbonyl (C=O) groups excluding carboxylic acids is 2. The predicted molar refractivity (Wildman–Crippen MR) is 125 cm³/mol. The third-order valence-corrected chi connectivity index (χ3v) is 6.53. The monoisotopic (exact) mass is 505 g/mol. The molecule has 0 atom stereocenters. The van der Waals surface area contributed by atoms with E-state index < -0.39 is 17.0 Å². The molecule has 10 heteroatoms. The third-order valence-electron chi connectivity index (χ3n) is 5.37. The fourth-order valence-corrected chi connectivity index (χ4v) is 4.66. The van der Waals surface area contributed by atoms with E-state index in [1.165, 1.54) is 18.1 Å². The van der Waals surface area contributed by atoms with Crippen molar-refractivity contribution < 1.29 is 37.0 Å². The molecule has 1 aliphatic rings. The zero-order chi connectivity index (χ0) is 25.0. The van der Waals surface area contributed by atoms with Gasteiger partial charge < -0.3 is 19.1 Å². The van der Waals surface area contributed by atoms with Gasteiger partial charge in [0.25, 0.3) is 0 Å². The molecular formula is C25H22F3NO5S. The van der Waals surface area contributed by atoms with Crippen LogP contribution in [-0.4, -0.2) is 32.1 Å². The lowest BCUT2D eigenvalue weighted by atomic mass is 10.1. The van der Waals surface area contributed by atoms with E-state index >= 15 is 0 Å². The summed E-state index contributed by atoms with van der Waals surface area (Å²) in [6.45, 7) is 0.548. The summed E-state index contributed by atoms with van der Waals surface area (Å²) >= 11 is 0.651. The molecule has 0 unspecified atom stereocenters. The fraction of sp³-hybridized carbons (Fsp3) is 0.280. The summed E-state index contributed by atoms with van der Waals surface area (Å²) in [5, 5.41) is 0. The Balaban J connectivity index is 1.48. The first-order chi connectivity index (χ1) is 16.8. The van der Waals surface area contributed by atoms with Gasteiger partial charge in [0.15, 0.2) is 0 Å². The summed E-state index contributed by atoms with van der Waals surface area (Å²) < 4.78 is 56.8. The molecule has 2 heterocycles. The molecule has 35 heavy (non-hydrogen) atoms. The number of thiophene rings is 1.